The minimum atomic E-state index is 0.211. The molecule has 0 bridgehead atoms. The van der Waals surface area contributed by atoms with Gasteiger partial charge in [-0.3, -0.25) is 0 Å². The molecule has 0 aliphatic heterocycles. The third-order valence-electron chi connectivity index (χ3n) is 4.71. The molecule has 1 aromatic carbocycles. The van der Waals surface area contributed by atoms with Crippen molar-refractivity contribution < 1.29 is 4.74 Å². The van der Waals surface area contributed by atoms with Crippen LogP contribution in [-0.2, 0) is 4.74 Å². The first-order valence-corrected chi connectivity index (χ1v) is 8.26. The Bertz CT molecular complexity index is 401. The largest absolute Gasteiger partial charge is 0.369 e. The number of ether oxygens (including phenoxy) is 1. The van der Waals surface area contributed by atoms with Crippen LogP contribution in [0.5, 0.6) is 0 Å². The van der Waals surface area contributed by atoms with Crippen LogP contribution in [0.1, 0.15) is 57.1 Å². The maximum atomic E-state index is 6.51. The Morgan fingerprint density at radius 1 is 1.10 bits per heavy atom. The van der Waals surface area contributed by atoms with E-state index in [0.717, 1.165) is 12.6 Å². The molecule has 3 atom stereocenters. The van der Waals surface area contributed by atoms with Gasteiger partial charge in [0.2, 0.25) is 0 Å². The summed E-state index contributed by atoms with van der Waals surface area (Å²) in [4.78, 5) is 0. The fraction of sp³-hybridized carbons (Fsp3) is 0.667. The van der Waals surface area contributed by atoms with Gasteiger partial charge < -0.3 is 10.1 Å². The maximum absolute atomic E-state index is 6.51. The molecule has 2 aliphatic carbocycles. The van der Waals surface area contributed by atoms with Gasteiger partial charge in [0, 0.05) is 12.6 Å². The summed E-state index contributed by atoms with van der Waals surface area (Å²) in [5, 5.41) is 3.63. The predicted molar refractivity (Wildman–Crippen MR) is 82.7 cm³/mol. The third kappa shape index (κ3) is 3.83. The van der Waals surface area contributed by atoms with E-state index in [9.17, 15) is 0 Å². The molecular formula is C18H27NO. The second-order valence-corrected chi connectivity index (χ2v) is 6.52. The predicted octanol–water partition coefficient (Wildman–Crippen LogP) is 4.08. The first-order valence-electron chi connectivity index (χ1n) is 8.26. The van der Waals surface area contributed by atoms with Crippen molar-refractivity contribution in [3.63, 3.8) is 0 Å². The average molecular weight is 273 g/mol. The summed E-state index contributed by atoms with van der Waals surface area (Å²) in [6.45, 7) is 3.30. The van der Waals surface area contributed by atoms with Crippen molar-refractivity contribution in [3.8, 4) is 0 Å². The minimum Gasteiger partial charge on any atom is -0.369 e. The lowest BCUT2D eigenvalue weighted by molar-refractivity contribution is -0.0565. The Hall–Kier alpha value is -0.860. The maximum Gasteiger partial charge on any atom is 0.0953 e. The van der Waals surface area contributed by atoms with Gasteiger partial charge in [-0.05, 0) is 37.2 Å². The van der Waals surface area contributed by atoms with E-state index in [4.69, 9.17) is 4.74 Å². The first kappa shape index (κ1) is 14.1. The van der Waals surface area contributed by atoms with Crippen molar-refractivity contribution in [2.75, 3.05) is 6.54 Å². The zero-order valence-electron chi connectivity index (χ0n) is 12.6. The van der Waals surface area contributed by atoms with Crippen molar-refractivity contribution in [2.45, 2.75) is 63.7 Å². The average Bonchev–Trinajstić information content (AvgIpc) is 3.30. The highest BCUT2D eigenvalue weighted by atomic mass is 16.5. The molecule has 2 fully saturated rings. The first-order chi connectivity index (χ1) is 9.83. The topological polar surface area (TPSA) is 21.3 Å². The molecule has 3 unspecified atom stereocenters. The van der Waals surface area contributed by atoms with Crippen molar-refractivity contribution in [2.24, 2.45) is 5.92 Å². The SMILES string of the molecule is CC1CCCCC1OC(CNC1CC1)c1ccccc1. The summed E-state index contributed by atoms with van der Waals surface area (Å²) in [5.74, 6) is 0.705. The van der Waals surface area contributed by atoms with E-state index in [-0.39, 0.29) is 6.10 Å². The summed E-state index contributed by atoms with van der Waals surface area (Å²) in [5.41, 5.74) is 1.32. The van der Waals surface area contributed by atoms with Gasteiger partial charge in [-0.1, -0.05) is 50.1 Å². The Kier molecular flexibility index (Phi) is 4.74. The van der Waals surface area contributed by atoms with Crippen LogP contribution >= 0.6 is 0 Å². The zero-order valence-corrected chi connectivity index (χ0v) is 12.6. The zero-order chi connectivity index (χ0) is 13.8. The molecular weight excluding hydrogens is 246 g/mol. The molecule has 0 heterocycles. The molecule has 1 N–H and O–H groups in total. The normalized spacial score (nSPS) is 28.2. The number of benzene rings is 1. The molecule has 0 aromatic heterocycles. The molecule has 0 saturated heterocycles. The van der Waals surface area contributed by atoms with Crippen LogP contribution in [0.3, 0.4) is 0 Å². The molecule has 0 amide bonds. The third-order valence-corrected chi connectivity index (χ3v) is 4.71. The van der Waals surface area contributed by atoms with Gasteiger partial charge in [0.1, 0.15) is 0 Å². The highest BCUT2D eigenvalue weighted by molar-refractivity contribution is 5.18. The van der Waals surface area contributed by atoms with E-state index in [2.05, 4.69) is 42.6 Å². The molecule has 3 rings (SSSR count). The number of hydrogen-bond donors (Lipinski definition) is 1. The van der Waals surface area contributed by atoms with Gasteiger partial charge in [-0.15, -0.1) is 0 Å². The Morgan fingerprint density at radius 3 is 2.55 bits per heavy atom. The van der Waals surface area contributed by atoms with Crippen LogP contribution in [0.25, 0.3) is 0 Å². The number of hydrogen-bond acceptors (Lipinski definition) is 2. The van der Waals surface area contributed by atoms with E-state index >= 15 is 0 Å². The molecule has 0 spiro atoms. The lowest BCUT2D eigenvalue weighted by Crippen LogP contribution is -2.32. The van der Waals surface area contributed by atoms with Gasteiger partial charge in [-0.25, -0.2) is 0 Å². The van der Waals surface area contributed by atoms with Crippen LogP contribution < -0.4 is 5.32 Å². The van der Waals surface area contributed by atoms with Crippen molar-refractivity contribution in [3.05, 3.63) is 35.9 Å². The lowest BCUT2D eigenvalue weighted by atomic mass is 9.87. The fourth-order valence-electron chi connectivity index (χ4n) is 3.17. The summed E-state index contributed by atoms with van der Waals surface area (Å²) in [6.07, 6.45) is 8.57. The van der Waals surface area contributed by atoms with Gasteiger partial charge in [0.25, 0.3) is 0 Å². The molecule has 110 valence electrons. The summed E-state index contributed by atoms with van der Waals surface area (Å²) < 4.78 is 6.51. The van der Waals surface area contributed by atoms with Crippen LogP contribution in [0.4, 0.5) is 0 Å². The molecule has 2 saturated carbocycles. The molecule has 0 radical (unpaired) electrons. The van der Waals surface area contributed by atoms with E-state index in [1.54, 1.807) is 0 Å². The van der Waals surface area contributed by atoms with Crippen LogP contribution in [0.2, 0.25) is 0 Å². The van der Waals surface area contributed by atoms with E-state index in [1.807, 2.05) is 0 Å². The summed E-state index contributed by atoms with van der Waals surface area (Å²) in [7, 11) is 0. The van der Waals surface area contributed by atoms with Crippen LogP contribution in [0.15, 0.2) is 30.3 Å². The molecule has 20 heavy (non-hydrogen) atoms. The molecule has 2 nitrogen and oxygen atoms in total. The van der Waals surface area contributed by atoms with Crippen molar-refractivity contribution in [1.82, 2.24) is 5.32 Å². The summed E-state index contributed by atoms with van der Waals surface area (Å²) >= 11 is 0. The van der Waals surface area contributed by atoms with Crippen LogP contribution in [0, 0.1) is 5.92 Å². The Balaban J connectivity index is 1.64. The number of rotatable bonds is 6. The monoisotopic (exact) mass is 273 g/mol. The highest BCUT2D eigenvalue weighted by Crippen LogP contribution is 2.31. The van der Waals surface area contributed by atoms with Crippen LogP contribution in [-0.4, -0.2) is 18.7 Å². The van der Waals surface area contributed by atoms with Gasteiger partial charge in [0.05, 0.1) is 12.2 Å². The standard InChI is InChI=1S/C18H27NO/c1-14-7-5-6-10-17(14)20-18(13-19-16-11-12-16)15-8-3-2-4-9-15/h2-4,8-9,14,16-19H,5-7,10-13H2,1H3. The number of nitrogens with one attached hydrogen (secondary N) is 1. The second-order valence-electron chi connectivity index (χ2n) is 6.52. The minimum absolute atomic E-state index is 0.211. The quantitative estimate of drug-likeness (QED) is 0.843. The van der Waals surface area contributed by atoms with Gasteiger partial charge in [0.15, 0.2) is 0 Å². The van der Waals surface area contributed by atoms with Crippen molar-refractivity contribution in [1.29, 1.82) is 0 Å². The summed E-state index contributed by atoms with van der Waals surface area (Å²) in [6, 6.07) is 11.5. The smallest absolute Gasteiger partial charge is 0.0953 e. The molecule has 2 heteroatoms. The van der Waals surface area contributed by atoms with E-state index < -0.39 is 0 Å². The Labute approximate surface area is 122 Å². The van der Waals surface area contributed by atoms with Crippen molar-refractivity contribution >= 4 is 0 Å². The fourth-order valence-corrected chi connectivity index (χ4v) is 3.17. The van der Waals surface area contributed by atoms with Gasteiger partial charge in [-0.2, -0.15) is 0 Å². The highest BCUT2D eigenvalue weighted by Gasteiger charge is 2.27. The lowest BCUT2D eigenvalue weighted by Gasteiger charge is -2.33. The second kappa shape index (κ2) is 6.73. The van der Waals surface area contributed by atoms with E-state index in [1.165, 1.54) is 44.1 Å². The van der Waals surface area contributed by atoms with E-state index in [0.29, 0.717) is 12.0 Å². The Morgan fingerprint density at radius 2 is 1.85 bits per heavy atom. The molecule has 2 aliphatic rings. The molecule has 1 aromatic rings. The van der Waals surface area contributed by atoms with Gasteiger partial charge >= 0.3 is 0 Å².